The minimum atomic E-state index is 1.35. The van der Waals surface area contributed by atoms with Crippen LogP contribution in [0.4, 0.5) is 0 Å². The van der Waals surface area contributed by atoms with Crippen LogP contribution in [0.15, 0.2) is 5.10 Å². The first-order valence-electron chi connectivity index (χ1n) is 1.58. The van der Waals surface area contributed by atoms with Gasteiger partial charge >= 0.3 is 0 Å². The van der Waals surface area contributed by atoms with Crippen molar-refractivity contribution in [3.8, 4) is 0 Å². The average Bonchev–Trinajstić information content (AvgIpc) is 1.61. The van der Waals surface area contributed by atoms with Gasteiger partial charge in [-0.15, -0.1) is 0 Å². The molecule has 0 atom stereocenters. The Hall–Kier alpha value is -0.440. The van der Waals surface area contributed by atoms with Crippen molar-refractivity contribution in [2.24, 2.45) is 5.10 Å². The van der Waals surface area contributed by atoms with Crippen LogP contribution in [-0.4, -0.2) is 11.7 Å². The average molecular weight is 102 g/mol. The summed E-state index contributed by atoms with van der Waals surface area (Å²) in [4.78, 5) is 0. The van der Waals surface area contributed by atoms with Crippen molar-refractivity contribution in [1.29, 1.82) is 0 Å². The summed E-state index contributed by atoms with van der Waals surface area (Å²) in [7, 11) is 0. The van der Waals surface area contributed by atoms with Gasteiger partial charge in [-0.25, -0.2) is 0 Å². The Morgan fingerprint density at radius 3 is 2.67 bits per heavy atom. The van der Waals surface area contributed by atoms with Crippen LogP contribution in [0.25, 0.3) is 0 Å². The van der Waals surface area contributed by atoms with Crippen molar-refractivity contribution in [1.82, 2.24) is 5.43 Å². The summed E-state index contributed by atoms with van der Waals surface area (Å²) >= 11 is 4.37. The molecule has 0 fully saturated rings. The van der Waals surface area contributed by atoms with Gasteiger partial charge in [-0.1, -0.05) is 12.2 Å². The zero-order valence-electron chi connectivity index (χ0n) is 3.51. The highest BCUT2D eigenvalue weighted by Gasteiger charge is 1.52. The number of nitrogens with one attached hydrogen (secondary N) is 1. The molecule has 34 valence electrons. The Balaban J connectivity index is 2.85. The molecule has 2 nitrogen and oxygen atoms in total. The number of hydrogen-bond acceptors (Lipinski definition) is 2. The van der Waals surface area contributed by atoms with E-state index >= 15 is 0 Å². The summed E-state index contributed by atoms with van der Waals surface area (Å²) in [5.41, 5.74) is 3.80. The maximum atomic E-state index is 4.37. The van der Waals surface area contributed by atoms with Crippen molar-refractivity contribution in [2.45, 2.75) is 6.92 Å². The van der Waals surface area contributed by atoms with Gasteiger partial charge in [-0.3, -0.25) is 5.43 Å². The van der Waals surface area contributed by atoms with Gasteiger partial charge in [0.15, 0.2) is 0 Å². The molecule has 3 heteroatoms. The van der Waals surface area contributed by atoms with E-state index in [-0.39, 0.29) is 0 Å². The fourth-order valence-corrected chi connectivity index (χ4v) is 0.166. The van der Waals surface area contributed by atoms with E-state index in [1.165, 1.54) is 5.49 Å². The molecule has 0 aromatic rings. The molecule has 0 spiro atoms. The smallest absolute Gasteiger partial charge is 0.0829 e. The minimum Gasteiger partial charge on any atom is -0.275 e. The van der Waals surface area contributed by atoms with Crippen LogP contribution in [-0.2, 0) is 0 Å². The fourth-order valence-electron chi connectivity index (χ4n) is 0.105. The van der Waals surface area contributed by atoms with E-state index in [4.69, 9.17) is 0 Å². The first-order chi connectivity index (χ1) is 2.91. The highest BCUT2D eigenvalue weighted by molar-refractivity contribution is 7.78. The molecule has 0 heterocycles. The molecule has 0 aliphatic heterocycles. The molecule has 0 aliphatic rings. The van der Waals surface area contributed by atoms with Gasteiger partial charge in [0.2, 0.25) is 0 Å². The van der Waals surface area contributed by atoms with Gasteiger partial charge in [0.05, 0.1) is 5.49 Å². The summed E-state index contributed by atoms with van der Waals surface area (Å²) in [5.74, 6) is 0. The summed E-state index contributed by atoms with van der Waals surface area (Å²) in [6, 6.07) is 0. The van der Waals surface area contributed by atoms with Crippen LogP contribution in [0.1, 0.15) is 6.92 Å². The molecule has 0 aromatic carbocycles. The van der Waals surface area contributed by atoms with Crippen LogP contribution in [0.3, 0.4) is 0 Å². The second-order valence-corrected chi connectivity index (χ2v) is 0.870. The molecule has 0 bridgehead atoms. The van der Waals surface area contributed by atoms with E-state index in [0.29, 0.717) is 0 Å². The van der Waals surface area contributed by atoms with Gasteiger partial charge in [0, 0.05) is 6.21 Å². The van der Waals surface area contributed by atoms with E-state index in [1.54, 1.807) is 6.21 Å². The van der Waals surface area contributed by atoms with Gasteiger partial charge < -0.3 is 0 Å². The van der Waals surface area contributed by atoms with Crippen molar-refractivity contribution in [2.75, 3.05) is 0 Å². The molecule has 0 rings (SSSR count). The van der Waals surface area contributed by atoms with Crippen molar-refractivity contribution < 1.29 is 0 Å². The highest BCUT2D eigenvalue weighted by Crippen LogP contribution is 1.47. The number of hydrazone groups is 1. The zero-order valence-corrected chi connectivity index (χ0v) is 4.33. The van der Waals surface area contributed by atoms with E-state index < -0.39 is 0 Å². The third kappa shape index (κ3) is 3.56. The van der Waals surface area contributed by atoms with Crippen LogP contribution < -0.4 is 5.43 Å². The number of rotatable bonds is 2. The Bertz CT molecular complexity index is 59.8. The van der Waals surface area contributed by atoms with Crippen molar-refractivity contribution in [3.05, 3.63) is 0 Å². The quantitative estimate of drug-likeness (QED) is 0.312. The maximum Gasteiger partial charge on any atom is 0.0829 e. The molecule has 0 amide bonds. The second kappa shape index (κ2) is 4.56. The standard InChI is InChI=1S/C3H6N2S/c1-2-4-5-3-6/h2-3H,1H3,(H,5,6). The first kappa shape index (κ1) is 5.56. The lowest BCUT2D eigenvalue weighted by atomic mass is 10.9. The van der Waals surface area contributed by atoms with Gasteiger partial charge in [0.1, 0.15) is 0 Å². The first-order valence-corrected chi connectivity index (χ1v) is 2.05. The second-order valence-electron chi connectivity index (χ2n) is 0.634. The summed E-state index contributed by atoms with van der Waals surface area (Å²) in [6.07, 6.45) is 1.63. The zero-order chi connectivity index (χ0) is 4.83. The Morgan fingerprint density at radius 1 is 1.83 bits per heavy atom. The number of nitrogens with zero attached hydrogens (tertiary/aromatic N) is 1. The molecular formula is C3H6N2S. The van der Waals surface area contributed by atoms with E-state index in [9.17, 15) is 0 Å². The molecule has 6 heavy (non-hydrogen) atoms. The summed E-state index contributed by atoms with van der Waals surface area (Å²) < 4.78 is 0. The van der Waals surface area contributed by atoms with Crippen LogP contribution in [0, 0.1) is 0 Å². The van der Waals surface area contributed by atoms with Gasteiger partial charge in [-0.2, -0.15) is 5.10 Å². The topological polar surface area (TPSA) is 24.4 Å². The molecule has 0 radical (unpaired) electrons. The lowest BCUT2D eigenvalue weighted by Crippen LogP contribution is -1.96. The van der Waals surface area contributed by atoms with Crippen LogP contribution >= 0.6 is 12.2 Å². The minimum absolute atomic E-state index is 1.35. The summed E-state index contributed by atoms with van der Waals surface area (Å²) in [6.45, 7) is 1.81. The molecular weight excluding hydrogens is 96.1 g/mol. The normalized spacial score (nSPS) is 8.83. The maximum absolute atomic E-state index is 4.37. The molecule has 1 N–H and O–H groups in total. The largest absolute Gasteiger partial charge is 0.275 e. The van der Waals surface area contributed by atoms with Gasteiger partial charge in [0.25, 0.3) is 0 Å². The van der Waals surface area contributed by atoms with E-state index in [2.05, 4.69) is 22.7 Å². The Morgan fingerprint density at radius 2 is 2.50 bits per heavy atom. The van der Waals surface area contributed by atoms with Gasteiger partial charge in [-0.05, 0) is 6.92 Å². The van der Waals surface area contributed by atoms with Crippen molar-refractivity contribution in [3.63, 3.8) is 0 Å². The predicted molar refractivity (Wildman–Crippen MR) is 31.0 cm³/mol. The highest BCUT2D eigenvalue weighted by atomic mass is 32.1. The lowest BCUT2D eigenvalue weighted by Gasteiger charge is -1.77. The lowest BCUT2D eigenvalue weighted by molar-refractivity contribution is 1.08. The third-order valence-corrected chi connectivity index (χ3v) is 0.362. The third-order valence-electron chi connectivity index (χ3n) is 0.256. The fraction of sp³-hybridized carbons (Fsp3) is 0.333. The van der Waals surface area contributed by atoms with E-state index in [1.807, 2.05) is 6.92 Å². The number of thiocarbonyl (C=S) groups is 1. The molecule has 0 saturated carbocycles. The Kier molecular flexibility index (Phi) is 4.23. The summed E-state index contributed by atoms with van der Waals surface area (Å²) in [5, 5.41) is 3.56. The van der Waals surface area contributed by atoms with Crippen LogP contribution in [0.5, 0.6) is 0 Å². The predicted octanol–water partition coefficient (Wildman–Crippen LogP) is 0.539. The van der Waals surface area contributed by atoms with Crippen LogP contribution in [0.2, 0.25) is 0 Å². The molecule has 0 aliphatic carbocycles. The number of hydrogen-bond donors (Lipinski definition) is 1. The van der Waals surface area contributed by atoms with Crippen molar-refractivity contribution >= 4 is 23.9 Å². The molecule has 0 unspecified atom stereocenters. The van der Waals surface area contributed by atoms with E-state index in [0.717, 1.165) is 0 Å². The SMILES string of the molecule is CC=NNC=S. The monoisotopic (exact) mass is 102 g/mol. The Labute approximate surface area is 42.2 Å². The molecule has 0 saturated heterocycles. The molecule has 0 aromatic heterocycles.